The largest absolute Gasteiger partial charge is 0.385 e. The molecule has 0 bridgehead atoms. The van der Waals surface area contributed by atoms with Crippen molar-refractivity contribution in [1.82, 2.24) is 0 Å². The molecule has 0 unspecified atom stereocenters. The van der Waals surface area contributed by atoms with Crippen LogP contribution in [0.5, 0.6) is 0 Å². The Kier molecular flexibility index (Phi) is 5.99. The summed E-state index contributed by atoms with van der Waals surface area (Å²) in [7, 11) is 0. The topological polar surface area (TPSA) is 29.1 Å². The molecular formula is C9H13NO. The van der Waals surface area contributed by atoms with Crippen LogP contribution in [0.4, 0.5) is 5.69 Å². The van der Waals surface area contributed by atoms with Gasteiger partial charge in [0, 0.05) is 12.2 Å². The van der Waals surface area contributed by atoms with E-state index in [4.69, 9.17) is 4.79 Å². The zero-order chi connectivity index (χ0) is 8.53. The van der Waals surface area contributed by atoms with Gasteiger partial charge in [-0.25, -0.2) is 0 Å². The molecule has 0 saturated carbocycles. The molecule has 0 aliphatic heterocycles. The van der Waals surface area contributed by atoms with Gasteiger partial charge in [-0.1, -0.05) is 18.2 Å². The first-order chi connectivity index (χ1) is 5.43. The number of para-hydroxylation sites is 1. The van der Waals surface area contributed by atoms with E-state index < -0.39 is 0 Å². The van der Waals surface area contributed by atoms with Crippen LogP contribution in [-0.2, 0) is 4.79 Å². The summed E-state index contributed by atoms with van der Waals surface area (Å²) < 4.78 is 0. The maximum absolute atomic E-state index is 8.00. The number of carbonyl (C=O) groups is 1. The molecule has 1 N–H and O–H groups in total. The fraction of sp³-hybridized carbons (Fsp3) is 0.222. The summed E-state index contributed by atoms with van der Waals surface area (Å²) in [6.45, 7) is 5.08. The highest BCUT2D eigenvalue weighted by atomic mass is 16.1. The molecule has 0 fully saturated rings. The van der Waals surface area contributed by atoms with Crippen LogP contribution in [0.1, 0.15) is 6.92 Å². The molecule has 0 aliphatic carbocycles. The fourth-order valence-corrected chi connectivity index (χ4v) is 0.760. The molecule has 2 nitrogen and oxygen atoms in total. The van der Waals surface area contributed by atoms with E-state index in [1.165, 1.54) is 5.69 Å². The van der Waals surface area contributed by atoms with Gasteiger partial charge in [-0.05, 0) is 19.1 Å². The molecule has 1 aromatic carbocycles. The van der Waals surface area contributed by atoms with Crippen LogP contribution in [0.3, 0.4) is 0 Å². The van der Waals surface area contributed by atoms with E-state index in [1.807, 2.05) is 25.0 Å². The first-order valence-electron chi connectivity index (χ1n) is 3.51. The van der Waals surface area contributed by atoms with Crippen molar-refractivity contribution < 1.29 is 4.79 Å². The van der Waals surface area contributed by atoms with Crippen molar-refractivity contribution in [2.24, 2.45) is 0 Å². The fourth-order valence-electron chi connectivity index (χ4n) is 0.760. The monoisotopic (exact) mass is 151 g/mol. The Hall–Kier alpha value is -1.31. The Morgan fingerprint density at radius 1 is 1.27 bits per heavy atom. The van der Waals surface area contributed by atoms with E-state index in [-0.39, 0.29) is 0 Å². The van der Waals surface area contributed by atoms with E-state index in [0.717, 1.165) is 6.54 Å². The average Bonchev–Trinajstić information content (AvgIpc) is 2.11. The van der Waals surface area contributed by atoms with E-state index >= 15 is 0 Å². The zero-order valence-corrected chi connectivity index (χ0v) is 6.71. The minimum Gasteiger partial charge on any atom is -0.385 e. The van der Waals surface area contributed by atoms with Gasteiger partial charge >= 0.3 is 0 Å². The predicted octanol–water partition coefficient (Wildman–Crippen LogP) is 1.93. The molecule has 11 heavy (non-hydrogen) atoms. The second kappa shape index (κ2) is 6.81. The lowest BCUT2D eigenvalue weighted by molar-refractivity contribution is -0.0979. The zero-order valence-electron chi connectivity index (χ0n) is 6.71. The van der Waals surface area contributed by atoms with Gasteiger partial charge in [0.2, 0.25) is 0 Å². The number of hydrogen-bond donors (Lipinski definition) is 1. The maximum Gasteiger partial charge on any atom is 0.106 e. The number of rotatable bonds is 2. The minimum absolute atomic E-state index is 0.990. The lowest BCUT2D eigenvalue weighted by atomic mass is 10.3. The number of anilines is 1. The summed E-state index contributed by atoms with van der Waals surface area (Å²) in [6, 6.07) is 10.2. The first-order valence-corrected chi connectivity index (χ1v) is 3.51. The second-order valence-corrected chi connectivity index (χ2v) is 1.90. The third-order valence-corrected chi connectivity index (χ3v) is 1.15. The number of nitrogens with one attached hydrogen (secondary N) is 1. The molecule has 0 atom stereocenters. The van der Waals surface area contributed by atoms with Crippen molar-refractivity contribution in [3.8, 4) is 0 Å². The summed E-state index contributed by atoms with van der Waals surface area (Å²) >= 11 is 0. The molecule has 0 radical (unpaired) electrons. The van der Waals surface area contributed by atoms with Crippen LogP contribution < -0.4 is 5.32 Å². The van der Waals surface area contributed by atoms with Gasteiger partial charge in [-0.15, -0.1) is 0 Å². The van der Waals surface area contributed by atoms with Gasteiger partial charge in [-0.3, -0.25) is 0 Å². The summed E-state index contributed by atoms with van der Waals surface area (Å²) in [5, 5.41) is 3.21. The van der Waals surface area contributed by atoms with Gasteiger partial charge < -0.3 is 10.1 Å². The van der Waals surface area contributed by atoms with Crippen LogP contribution in [0.25, 0.3) is 0 Å². The summed E-state index contributed by atoms with van der Waals surface area (Å²) in [6.07, 6.45) is 0. The molecule has 2 heteroatoms. The van der Waals surface area contributed by atoms with Crippen molar-refractivity contribution in [2.75, 3.05) is 11.9 Å². The Morgan fingerprint density at radius 2 is 1.82 bits per heavy atom. The van der Waals surface area contributed by atoms with Crippen LogP contribution >= 0.6 is 0 Å². The minimum atomic E-state index is 0.990. The number of benzene rings is 1. The van der Waals surface area contributed by atoms with Crippen molar-refractivity contribution in [2.45, 2.75) is 6.92 Å². The van der Waals surface area contributed by atoms with Gasteiger partial charge in [0.25, 0.3) is 0 Å². The van der Waals surface area contributed by atoms with Crippen LogP contribution in [-0.4, -0.2) is 13.3 Å². The highest BCUT2D eigenvalue weighted by molar-refractivity contribution is 5.41. The maximum atomic E-state index is 8.00. The molecule has 0 amide bonds. The third kappa shape index (κ3) is 4.14. The predicted molar refractivity (Wildman–Crippen MR) is 47.7 cm³/mol. The molecule has 0 aliphatic rings. The Bertz CT molecular complexity index is 174. The second-order valence-electron chi connectivity index (χ2n) is 1.90. The lowest BCUT2D eigenvalue weighted by Gasteiger charge is -1.99. The molecule has 0 heterocycles. The standard InChI is InChI=1S/C8H11N.CH2O/c1-2-9-8-6-4-3-5-7-8;1-2/h3-7,9H,2H2,1H3;1H2. The van der Waals surface area contributed by atoms with Crippen molar-refractivity contribution >= 4 is 12.5 Å². The van der Waals surface area contributed by atoms with Crippen LogP contribution in [0.2, 0.25) is 0 Å². The van der Waals surface area contributed by atoms with Crippen LogP contribution in [0.15, 0.2) is 30.3 Å². The molecule has 60 valence electrons. The quantitative estimate of drug-likeness (QED) is 0.699. The van der Waals surface area contributed by atoms with Gasteiger partial charge in [0.15, 0.2) is 0 Å². The average molecular weight is 151 g/mol. The Balaban J connectivity index is 0.000000461. The SMILES string of the molecule is C=O.CCNc1ccccc1. The Morgan fingerprint density at radius 3 is 2.27 bits per heavy atom. The highest BCUT2D eigenvalue weighted by Crippen LogP contribution is 2.02. The molecule has 1 rings (SSSR count). The molecular weight excluding hydrogens is 138 g/mol. The summed E-state index contributed by atoms with van der Waals surface area (Å²) in [5.74, 6) is 0. The Labute approximate surface area is 67.2 Å². The van der Waals surface area contributed by atoms with E-state index in [0.29, 0.717) is 0 Å². The van der Waals surface area contributed by atoms with Crippen molar-refractivity contribution in [3.63, 3.8) is 0 Å². The van der Waals surface area contributed by atoms with Crippen molar-refractivity contribution in [3.05, 3.63) is 30.3 Å². The lowest BCUT2D eigenvalue weighted by Crippen LogP contribution is -1.94. The highest BCUT2D eigenvalue weighted by Gasteiger charge is 1.81. The van der Waals surface area contributed by atoms with E-state index in [2.05, 4.69) is 24.4 Å². The first kappa shape index (κ1) is 9.69. The summed E-state index contributed by atoms with van der Waals surface area (Å²) in [4.78, 5) is 8.00. The van der Waals surface area contributed by atoms with Crippen molar-refractivity contribution in [1.29, 1.82) is 0 Å². The van der Waals surface area contributed by atoms with Gasteiger partial charge in [-0.2, -0.15) is 0 Å². The van der Waals surface area contributed by atoms with E-state index in [9.17, 15) is 0 Å². The number of carbonyl (C=O) groups excluding carboxylic acids is 1. The van der Waals surface area contributed by atoms with Crippen LogP contribution in [0, 0.1) is 0 Å². The molecule has 1 aromatic rings. The number of hydrogen-bond acceptors (Lipinski definition) is 2. The molecule has 0 saturated heterocycles. The smallest absolute Gasteiger partial charge is 0.106 e. The molecule has 0 aromatic heterocycles. The normalized spacial score (nSPS) is 7.73. The summed E-state index contributed by atoms with van der Waals surface area (Å²) in [5.41, 5.74) is 1.19. The van der Waals surface area contributed by atoms with E-state index in [1.54, 1.807) is 0 Å². The molecule has 0 spiro atoms. The van der Waals surface area contributed by atoms with Gasteiger partial charge in [0.1, 0.15) is 6.79 Å². The third-order valence-electron chi connectivity index (χ3n) is 1.15. The van der Waals surface area contributed by atoms with Gasteiger partial charge in [0.05, 0.1) is 0 Å².